The molecule has 1 unspecified atom stereocenters. The number of hydrogen-bond donors (Lipinski definition) is 1. The molecule has 0 aliphatic heterocycles. The van der Waals surface area contributed by atoms with Crippen LogP contribution in [0.2, 0.25) is 0 Å². The SMILES string of the molecule is CN(C)c1ccc(C(O)Cn2nnc3ccccc32)cc1. The number of rotatable bonds is 4. The van der Waals surface area contributed by atoms with Gasteiger partial charge in [-0.05, 0) is 29.8 Å². The van der Waals surface area contributed by atoms with Crippen molar-refractivity contribution in [1.82, 2.24) is 15.0 Å². The van der Waals surface area contributed by atoms with Crippen molar-refractivity contribution in [3.05, 3.63) is 54.1 Å². The van der Waals surface area contributed by atoms with Crippen LogP contribution in [0.1, 0.15) is 11.7 Å². The largest absolute Gasteiger partial charge is 0.386 e. The van der Waals surface area contributed by atoms with E-state index in [1.54, 1.807) is 4.68 Å². The number of benzene rings is 2. The Hall–Kier alpha value is -2.40. The molecule has 3 aromatic rings. The summed E-state index contributed by atoms with van der Waals surface area (Å²) in [6.07, 6.45) is -0.605. The van der Waals surface area contributed by atoms with E-state index in [2.05, 4.69) is 10.3 Å². The fourth-order valence-corrected chi connectivity index (χ4v) is 2.32. The van der Waals surface area contributed by atoms with Crippen LogP contribution >= 0.6 is 0 Å². The van der Waals surface area contributed by atoms with Crippen molar-refractivity contribution in [1.29, 1.82) is 0 Å². The molecular weight excluding hydrogens is 264 g/mol. The molecule has 21 heavy (non-hydrogen) atoms. The van der Waals surface area contributed by atoms with Crippen molar-refractivity contribution in [3.63, 3.8) is 0 Å². The summed E-state index contributed by atoms with van der Waals surface area (Å²) in [5.41, 5.74) is 3.76. The second-order valence-electron chi connectivity index (χ2n) is 5.26. The average molecular weight is 282 g/mol. The number of para-hydroxylation sites is 1. The maximum atomic E-state index is 10.4. The van der Waals surface area contributed by atoms with E-state index in [1.165, 1.54) is 0 Å². The van der Waals surface area contributed by atoms with Gasteiger partial charge in [0.05, 0.1) is 18.2 Å². The molecule has 0 aliphatic carbocycles. The summed E-state index contributed by atoms with van der Waals surface area (Å²) in [6.45, 7) is 0.391. The molecule has 0 amide bonds. The van der Waals surface area contributed by atoms with Crippen molar-refractivity contribution in [2.75, 3.05) is 19.0 Å². The van der Waals surface area contributed by atoms with Crippen molar-refractivity contribution in [2.24, 2.45) is 0 Å². The molecule has 108 valence electrons. The van der Waals surface area contributed by atoms with Crippen LogP contribution < -0.4 is 4.90 Å². The van der Waals surface area contributed by atoms with Crippen LogP contribution in [-0.4, -0.2) is 34.2 Å². The van der Waals surface area contributed by atoms with E-state index >= 15 is 0 Å². The molecule has 0 spiro atoms. The zero-order valence-corrected chi connectivity index (χ0v) is 12.1. The second-order valence-corrected chi connectivity index (χ2v) is 5.26. The van der Waals surface area contributed by atoms with Crippen molar-refractivity contribution in [3.8, 4) is 0 Å². The minimum Gasteiger partial charge on any atom is -0.386 e. The van der Waals surface area contributed by atoms with Crippen molar-refractivity contribution >= 4 is 16.7 Å². The molecule has 5 nitrogen and oxygen atoms in total. The Morgan fingerprint density at radius 2 is 1.81 bits per heavy atom. The van der Waals surface area contributed by atoms with Gasteiger partial charge in [0.25, 0.3) is 0 Å². The molecule has 0 radical (unpaired) electrons. The lowest BCUT2D eigenvalue weighted by atomic mass is 10.1. The van der Waals surface area contributed by atoms with Gasteiger partial charge < -0.3 is 10.0 Å². The topological polar surface area (TPSA) is 54.2 Å². The number of hydrogen-bond acceptors (Lipinski definition) is 4. The summed E-state index contributed by atoms with van der Waals surface area (Å²) in [7, 11) is 3.99. The van der Waals surface area contributed by atoms with E-state index in [0.717, 1.165) is 22.3 Å². The van der Waals surface area contributed by atoms with Crippen LogP contribution in [0.25, 0.3) is 11.0 Å². The quantitative estimate of drug-likeness (QED) is 0.797. The molecule has 1 N–H and O–H groups in total. The van der Waals surface area contributed by atoms with E-state index in [-0.39, 0.29) is 0 Å². The Labute approximate surface area is 123 Å². The van der Waals surface area contributed by atoms with Gasteiger partial charge in [0.2, 0.25) is 0 Å². The highest BCUT2D eigenvalue weighted by molar-refractivity contribution is 5.73. The van der Waals surface area contributed by atoms with Crippen molar-refractivity contribution < 1.29 is 5.11 Å². The Kier molecular flexibility index (Phi) is 3.58. The predicted molar refractivity (Wildman–Crippen MR) is 83.3 cm³/mol. The van der Waals surface area contributed by atoms with E-state index < -0.39 is 6.10 Å². The van der Waals surface area contributed by atoms with Crippen LogP contribution in [0.4, 0.5) is 5.69 Å². The normalized spacial score (nSPS) is 12.5. The smallest absolute Gasteiger partial charge is 0.113 e. The third-order valence-electron chi connectivity index (χ3n) is 3.56. The average Bonchev–Trinajstić information content (AvgIpc) is 2.91. The molecule has 1 heterocycles. The highest BCUT2D eigenvalue weighted by Gasteiger charge is 2.12. The Bertz CT molecular complexity index is 733. The molecule has 1 atom stereocenters. The zero-order valence-electron chi connectivity index (χ0n) is 12.1. The minimum absolute atomic E-state index is 0.391. The fraction of sp³-hybridized carbons (Fsp3) is 0.250. The number of nitrogens with zero attached hydrogens (tertiary/aromatic N) is 4. The minimum atomic E-state index is -0.605. The van der Waals surface area contributed by atoms with Gasteiger partial charge in [0.1, 0.15) is 5.52 Å². The van der Waals surface area contributed by atoms with E-state index in [1.807, 2.05) is 67.5 Å². The fourth-order valence-electron chi connectivity index (χ4n) is 2.32. The molecule has 0 saturated carbocycles. The summed E-state index contributed by atoms with van der Waals surface area (Å²) in [5, 5.41) is 18.6. The van der Waals surface area contributed by atoms with Gasteiger partial charge in [0, 0.05) is 19.8 Å². The molecule has 3 rings (SSSR count). The lowest BCUT2D eigenvalue weighted by Gasteiger charge is -2.15. The summed E-state index contributed by atoms with van der Waals surface area (Å²) >= 11 is 0. The molecule has 5 heteroatoms. The van der Waals surface area contributed by atoms with Gasteiger partial charge in [-0.3, -0.25) is 0 Å². The summed E-state index contributed by atoms with van der Waals surface area (Å²) in [4.78, 5) is 2.03. The van der Waals surface area contributed by atoms with Gasteiger partial charge >= 0.3 is 0 Å². The number of aromatic nitrogens is 3. The van der Waals surface area contributed by atoms with Crippen LogP contribution in [-0.2, 0) is 6.54 Å². The van der Waals surface area contributed by atoms with Gasteiger partial charge in [-0.15, -0.1) is 5.10 Å². The maximum Gasteiger partial charge on any atom is 0.113 e. The number of fused-ring (bicyclic) bond motifs is 1. The molecule has 1 aromatic heterocycles. The molecule has 0 saturated heterocycles. The lowest BCUT2D eigenvalue weighted by Crippen LogP contribution is -2.11. The van der Waals surface area contributed by atoms with Crippen molar-refractivity contribution in [2.45, 2.75) is 12.6 Å². The highest BCUT2D eigenvalue weighted by atomic mass is 16.3. The Morgan fingerprint density at radius 3 is 2.52 bits per heavy atom. The monoisotopic (exact) mass is 282 g/mol. The second kappa shape index (κ2) is 5.54. The molecule has 0 fully saturated rings. The van der Waals surface area contributed by atoms with Crippen LogP contribution in [0.15, 0.2) is 48.5 Å². The molecule has 0 aliphatic rings. The first-order valence-corrected chi connectivity index (χ1v) is 6.89. The third kappa shape index (κ3) is 2.73. The lowest BCUT2D eigenvalue weighted by molar-refractivity contribution is 0.152. The third-order valence-corrected chi connectivity index (χ3v) is 3.56. The summed E-state index contributed by atoms with van der Waals surface area (Å²) in [5.74, 6) is 0. The first kappa shape index (κ1) is 13.6. The standard InChI is InChI=1S/C16H18N4O/c1-19(2)13-9-7-12(8-10-13)16(21)11-20-15-6-4-3-5-14(15)17-18-20/h3-10,16,21H,11H2,1-2H3. The van der Waals surface area contributed by atoms with Gasteiger partial charge in [-0.1, -0.05) is 29.5 Å². The van der Waals surface area contributed by atoms with Crippen LogP contribution in [0.5, 0.6) is 0 Å². The predicted octanol–water partition coefficient (Wildman–Crippen LogP) is 2.23. The van der Waals surface area contributed by atoms with E-state index in [9.17, 15) is 5.11 Å². The first-order chi connectivity index (χ1) is 10.1. The molecule has 0 bridgehead atoms. The maximum absolute atomic E-state index is 10.4. The van der Waals surface area contributed by atoms with Gasteiger partial charge in [0.15, 0.2) is 0 Å². The number of aliphatic hydroxyl groups is 1. The van der Waals surface area contributed by atoms with Gasteiger partial charge in [-0.25, -0.2) is 4.68 Å². The number of anilines is 1. The van der Waals surface area contributed by atoms with Crippen LogP contribution in [0.3, 0.4) is 0 Å². The molecule has 2 aromatic carbocycles. The van der Waals surface area contributed by atoms with E-state index in [0.29, 0.717) is 6.54 Å². The van der Waals surface area contributed by atoms with Gasteiger partial charge in [-0.2, -0.15) is 0 Å². The first-order valence-electron chi connectivity index (χ1n) is 6.89. The summed E-state index contributed by atoms with van der Waals surface area (Å²) in [6, 6.07) is 15.6. The highest BCUT2D eigenvalue weighted by Crippen LogP contribution is 2.20. The molecular formula is C16H18N4O. The Balaban J connectivity index is 1.81. The Morgan fingerprint density at radius 1 is 1.10 bits per heavy atom. The summed E-state index contributed by atoms with van der Waals surface area (Å²) < 4.78 is 1.74. The van der Waals surface area contributed by atoms with E-state index in [4.69, 9.17) is 0 Å². The zero-order chi connectivity index (χ0) is 14.8. The van der Waals surface area contributed by atoms with Crippen LogP contribution in [0, 0.1) is 0 Å². The number of aliphatic hydroxyl groups excluding tert-OH is 1.